The lowest BCUT2D eigenvalue weighted by Crippen LogP contribution is -2.38. The molecule has 0 saturated heterocycles. The molecule has 96 valence electrons. The van der Waals surface area contributed by atoms with E-state index < -0.39 is 0 Å². The predicted molar refractivity (Wildman–Crippen MR) is 69.4 cm³/mol. The molecule has 6 heteroatoms. The fraction of sp³-hybridized carbons (Fsp3) is 0.385. The quantitative estimate of drug-likeness (QED) is 0.648. The molecule has 6 nitrogen and oxygen atoms in total. The highest BCUT2D eigenvalue weighted by atomic mass is 16.2. The Morgan fingerprint density at radius 3 is 1.79 bits per heavy atom. The zero-order valence-corrected chi connectivity index (χ0v) is 10.6. The Morgan fingerprint density at radius 1 is 0.947 bits per heavy atom. The normalized spacial score (nSPS) is 23.3. The molecule has 0 fully saturated rings. The highest BCUT2D eigenvalue weighted by molar-refractivity contribution is 5.84. The Labute approximate surface area is 108 Å². The minimum Gasteiger partial charge on any atom is -0.267 e. The fourth-order valence-corrected chi connectivity index (χ4v) is 3.20. The van der Waals surface area contributed by atoms with Crippen LogP contribution < -0.4 is 11.1 Å². The molecule has 0 saturated carbocycles. The maximum absolute atomic E-state index is 12.6. The Balaban J connectivity index is 2.32. The molecule has 2 aromatic heterocycles. The van der Waals surface area contributed by atoms with Gasteiger partial charge in [0.25, 0.3) is 11.1 Å². The molecule has 0 spiro atoms. The van der Waals surface area contributed by atoms with E-state index in [0.717, 1.165) is 6.42 Å². The summed E-state index contributed by atoms with van der Waals surface area (Å²) in [4.78, 5) is 25.3. The van der Waals surface area contributed by atoms with Gasteiger partial charge in [0, 0.05) is 0 Å². The van der Waals surface area contributed by atoms with E-state index in [9.17, 15) is 9.59 Å². The Kier molecular flexibility index (Phi) is 1.80. The van der Waals surface area contributed by atoms with E-state index in [2.05, 4.69) is 10.2 Å². The first-order valence-electron chi connectivity index (χ1n) is 6.29. The maximum atomic E-state index is 12.6. The summed E-state index contributed by atoms with van der Waals surface area (Å²) in [5, 5.41) is 8.76. The van der Waals surface area contributed by atoms with Crippen LogP contribution in [0.5, 0.6) is 0 Å². The van der Waals surface area contributed by atoms with E-state index >= 15 is 0 Å². The van der Waals surface area contributed by atoms with Crippen LogP contribution in [0.15, 0.2) is 21.7 Å². The summed E-state index contributed by atoms with van der Waals surface area (Å²) >= 11 is 0. The molecule has 4 rings (SSSR count). The van der Waals surface area contributed by atoms with Crippen LogP contribution in [-0.2, 0) is 0 Å². The van der Waals surface area contributed by atoms with Gasteiger partial charge >= 0.3 is 0 Å². The molecule has 2 aliphatic rings. The van der Waals surface area contributed by atoms with Gasteiger partial charge in [-0.25, -0.2) is 9.36 Å². The van der Waals surface area contributed by atoms with Crippen LogP contribution in [0, 0.1) is 13.8 Å². The lowest BCUT2D eigenvalue weighted by Gasteiger charge is -2.17. The first-order valence-corrected chi connectivity index (χ1v) is 6.29. The van der Waals surface area contributed by atoms with Crippen LogP contribution in [-0.4, -0.2) is 19.6 Å². The van der Waals surface area contributed by atoms with Crippen molar-refractivity contribution in [2.45, 2.75) is 32.4 Å². The summed E-state index contributed by atoms with van der Waals surface area (Å²) in [5.74, 6) is 0. The lowest BCUT2D eigenvalue weighted by molar-refractivity contribution is 0.485. The van der Waals surface area contributed by atoms with Crippen molar-refractivity contribution in [3.05, 3.63) is 44.2 Å². The van der Waals surface area contributed by atoms with Crippen molar-refractivity contribution in [3.63, 3.8) is 0 Å². The van der Waals surface area contributed by atoms with Crippen molar-refractivity contribution in [1.82, 2.24) is 19.6 Å². The summed E-state index contributed by atoms with van der Waals surface area (Å²) in [6.07, 6.45) is 4.78. The average molecular weight is 256 g/mol. The predicted octanol–water partition coefficient (Wildman–Crippen LogP) is 0.626. The van der Waals surface area contributed by atoms with Crippen LogP contribution in [0.1, 0.15) is 29.9 Å². The molecule has 0 radical (unpaired) electrons. The summed E-state index contributed by atoms with van der Waals surface area (Å²) in [6.45, 7) is 3.44. The summed E-state index contributed by atoms with van der Waals surface area (Å²) in [7, 11) is 0. The zero-order chi connectivity index (χ0) is 13.3. The van der Waals surface area contributed by atoms with Gasteiger partial charge in [0.1, 0.15) is 0 Å². The van der Waals surface area contributed by atoms with Gasteiger partial charge in [-0.05, 0) is 20.3 Å². The van der Waals surface area contributed by atoms with Crippen LogP contribution in [0.3, 0.4) is 0 Å². The van der Waals surface area contributed by atoms with Crippen LogP contribution in [0.4, 0.5) is 0 Å². The van der Waals surface area contributed by atoms with Gasteiger partial charge in [0.2, 0.25) is 0 Å². The summed E-state index contributed by atoms with van der Waals surface area (Å²) in [6, 6.07) is 0.00458. The Hall–Kier alpha value is -2.24. The number of nitrogens with zero attached hydrogens (tertiary/aromatic N) is 4. The highest BCUT2D eigenvalue weighted by Crippen LogP contribution is 2.36. The number of allylic oxidation sites excluding steroid dienone is 2. The van der Waals surface area contributed by atoms with Gasteiger partial charge in [-0.3, -0.25) is 9.59 Å². The standard InChI is InChI=1S/C13H12N4O2/c1-6-10-11(7(2)15-14-6)13(19)17-9-4-3-8(5-9)16(17)12(10)18/h3-4,8-9H,5H2,1-2H3. The van der Waals surface area contributed by atoms with Crippen molar-refractivity contribution in [2.75, 3.05) is 0 Å². The molecule has 2 aromatic rings. The van der Waals surface area contributed by atoms with E-state index in [-0.39, 0.29) is 23.2 Å². The topological polar surface area (TPSA) is 69.8 Å². The smallest absolute Gasteiger partial charge is 0.267 e. The van der Waals surface area contributed by atoms with E-state index in [0.29, 0.717) is 22.2 Å². The third kappa shape index (κ3) is 1.11. The largest absolute Gasteiger partial charge is 0.275 e. The monoisotopic (exact) mass is 256 g/mol. The van der Waals surface area contributed by atoms with Crippen molar-refractivity contribution in [2.24, 2.45) is 0 Å². The van der Waals surface area contributed by atoms with Gasteiger partial charge in [-0.2, -0.15) is 10.2 Å². The minimum absolute atomic E-state index is 0.00229. The second kappa shape index (κ2) is 3.20. The second-order valence-corrected chi connectivity index (χ2v) is 5.18. The number of aromatic nitrogens is 4. The number of rotatable bonds is 0. The zero-order valence-electron chi connectivity index (χ0n) is 10.6. The van der Waals surface area contributed by atoms with Gasteiger partial charge in [-0.15, -0.1) is 0 Å². The number of aryl methyl sites for hydroxylation is 2. The number of hydrogen-bond donors (Lipinski definition) is 0. The molecule has 2 unspecified atom stereocenters. The average Bonchev–Trinajstić information content (AvgIpc) is 2.99. The molecule has 2 atom stereocenters. The van der Waals surface area contributed by atoms with E-state index in [1.54, 1.807) is 23.2 Å². The molecule has 0 N–H and O–H groups in total. The first-order chi connectivity index (χ1) is 9.09. The van der Waals surface area contributed by atoms with Crippen LogP contribution in [0.25, 0.3) is 10.8 Å². The molecule has 1 aliphatic carbocycles. The summed E-state index contributed by atoms with van der Waals surface area (Å²) in [5.41, 5.74) is 0.764. The highest BCUT2D eigenvalue weighted by Gasteiger charge is 2.35. The van der Waals surface area contributed by atoms with Gasteiger partial charge in [0.15, 0.2) is 0 Å². The minimum atomic E-state index is -0.137. The number of fused-ring (bicyclic) bond motifs is 6. The molecule has 2 bridgehead atoms. The van der Waals surface area contributed by atoms with Crippen LogP contribution in [0.2, 0.25) is 0 Å². The molecular weight excluding hydrogens is 244 g/mol. The van der Waals surface area contributed by atoms with E-state index in [1.165, 1.54) is 0 Å². The van der Waals surface area contributed by atoms with Crippen molar-refractivity contribution >= 4 is 10.8 Å². The number of hydrogen-bond acceptors (Lipinski definition) is 4. The lowest BCUT2D eigenvalue weighted by atomic mass is 10.1. The molecule has 0 amide bonds. The van der Waals surface area contributed by atoms with Gasteiger partial charge in [-0.1, -0.05) is 12.2 Å². The van der Waals surface area contributed by atoms with E-state index in [1.807, 2.05) is 12.2 Å². The molecule has 0 aromatic carbocycles. The summed E-state index contributed by atoms with van der Waals surface area (Å²) < 4.78 is 3.15. The molecule has 1 aliphatic heterocycles. The third-order valence-corrected chi connectivity index (χ3v) is 4.07. The first kappa shape index (κ1) is 10.7. The molecular formula is C13H12N4O2. The Bertz CT molecular complexity index is 804. The van der Waals surface area contributed by atoms with Gasteiger partial charge < -0.3 is 0 Å². The van der Waals surface area contributed by atoms with Gasteiger partial charge in [0.05, 0.1) is 34.2 Å². The SMILES string of the molecule is Cc1nnc(C)c2c(=O)n3n(c(=O)c12)C1C=CC3C1. The molecule has 3 heterocycles. The fourth-order valence-electron chi connectivity index (χ4n) is 3.20. The maximum Gasteiger partial charge on any atom is 0.275 e. The third-order valence-electron chi connectivity index (χ3n) is 4.07. The van der Waals surface area contributed by atoms with Crippen molar-refractivity contribution in [1.29, 1.82) is 0 Å². The van der Waals surface area contributed by atoms with E-state index in [4.69, 9.17) is 0 Å². The second-order valence-electron chi connectivity index (χ2n) is 5.18. The van der Waals surface area contributed by atoms with Crippen molar-refractivity contribution < 1.29 is 0 Å². The Morgan fingerprint density at radius 2 is 1.37 bits per heavy atom. The van der Waals surface area contributed by atoms with Crippen molar-refractivity contribution in [3.8, 4) is 0 Å². The van der Waals surface area contributed by atoms with Crippen LogP contribution >= 0.6 is 0 Å². The molecule has 19 heavy (non-hydrogen) atoms.